The van der Waals surface area contributed by atoms with Gasteiger partial charge in [-0.2, -0.15) is 0 Å². The zero-order chi connectivity index (χ0) is 20.4. The van der Waals surface area contributed by atoms with Gasteiger partial charge >= 0.3 is 6.09 Å². The quantitative estimate of drug-likeness (QED) is 0.636. The van der Waals surface area contributed by atoms with Crippen molar-refractivity contribution in [3.05, 3.63) is 35.9 Å². The second-order valence-electron chi connectivity index (χ2n) is 7.40. The predicted octanol–water partition coefficient (Wildman–Crippen LogP) is 1.93. The molecule has 0 unspecified atom stereocenters. The van der Waals surface area contributed by atoms with Crippen molar-refractivity contribution in [1.29, 1.82) is 0 Å². The Balaban J connectivity index is 3.00. The molecule has 27 heavy (non-hydrogen) atoms. The molecule has 0 saturated carbocycles. The van der Waals surface area contributed by atoms with E-state index in [-0.39, 0.29) is 12.8 Å². The van der Waals surface area contributed by atoms with Crippen LogP contribution in [0.2, 0.25) is 0 Å². The van der Waals surface area contributed by atoms with Gasteiger partial charge in [-0.15, -0.1) is 0 Å². The monoisotopic (exact) mass is 376 g/mol. The van der Waals surface area contributed by atoms with Crippen molar-refractivity contribution in [2.24, 2.45) is 11.5 Å². The van der Waals surface area contributed by atoms with Crippen LogP contribution in [0.3, 0.4) is 0 Å². The van der Waals surface area contributed by atoms with Crippen LogP contribution in [0.25, 0.3) is 0 Å². The molecule has 1 rings (SSSR count). The number of carbonyl (C=O) groups excluding carboxylic acids is 3. The molecule has 7 heteroatoms. The van der Waals surface area contributed by atoms with Crippen molar-refractivity contribution >= 4 is 18.3 Å². The molecule has 7 nitrogen and oxygen atoms in total. The van der Waals surface area contributed by atoms with Crippen LogP contribution in [0.4, 0.5) is 4.79 Å². The normalized spacial score (nSPS) is 13.5. The van der Waals surface area contributed by atoms with E-state index in [1.54, 1.807) is 27.1 Å². The summed E-state index contributed by atoms with van der Waals surface area (Å²) in [6, 6.07) is 7.19. The largest absolute Gasteiger partial charge is 0.443 e. The molecule has 1 aromatic carbocycles. The van der Waals surface area contributed by atoms with Crippen molar-refractivity contribution in [3.63, 3.8) is 0 Å². The maximum absolute atomic E-state index is 12.9. The highest BCUT2D eigenvalue weighted by Crippen LogP contribution is 2.16. The minimum absolute atomic E-state index is 0.243. The van der Waals surface area contributed by atoms with Gasteiger partial charge in [0.15, 0.2) is 0 Å². The van der Waals surface area contributed by atoms with Crippen molar-refractivity contribution in [2.45, 2.75) is 64.1 Å². The smallest absolute Gasteiger partial charge is 0.417 e. The summed E-state index contributed by atoms with van der Waals surface area (Å²) in [6.07, 6.45) is 2.66. The molecule has 0 aromatic heterocycles. The van der Waals surface area contributed by atoms with E-state index in [0.29, 0.717) is 19.4 Å². The van der Waals surface area contributed by atoms with E-state index in [9.17, 15) is 14.4 Å². The molecule has 2 amide bonds. The molecule has 0 heterocycles. The number of imide groups is 1. The third-order valence-corrected chi connectivity index (χ3v) is 3.82. The molecule has 0 aliphatic carbocycles. The van der Waals surface area contributed by atoms with Crippen LogP contribution in [-0.2, 0) is 20.7 Å². The first-order valence-electron chi connectivity index (χ1n) is 9.13. The number of benzene rings is 1. The fraction of sp³-hybridized carbons (Fsp3) is 0.550. The van der Waals surface area contributed by atoms with Gasteiger partial charge in [-0.05, 0) is 58.6 Å². The van der Waals surface area contributed by atoms with E-state index in [4.69, 9.17) is 16.2 Å². The fourth-order valence-electron chi connectivity index (χ4n) is 2.54. The van der Waals surface area contributed by atoms with Gasteiger partial charge in [-0.3, -0.25) is 9.59 Å². The molecule has 2 atom stereocenters. The maximum atomic E-state index is 12.9. The molecule has 149 valence electrons. The van der Waals surface area contributed by atoms with Gasteiger partial charge in [-0.25, -0.2) is 9.69 Å². The maximum Gasteiger partial charge on any atom is 0.417 e. The van der Waals surface area contributed by atoms with Crippen molar-refractivity contribution in [3.8, 4) is 0 Å². The molecular formula is C20H30N3O4. The molecule has 0 saturated heterocycles. The molecule has 1 aromatic rings. The average Bonchev–Trinajstić information content (AvgIpc) is 2.59. The minimum atomic E-state index is -1.05. The number of hydrogen-bond donors (Lipinski definition) is 2. The third-order valence-electron chi connectivity index (χ3n) is 3.82. The zero-order valence-electron chi connectivity index (χ0n) is 16.3. The van der Waals surface area contributed by atoms with Gasteiger partial charge in [0.25, 0.3) is 0 Å². The molecule has 4 N–H and O–H groups in total. The Morgan fingerprint density at radius 1 is 1.19 bits per heavy atom. The second kappa shape index (κ2) is 10.8. The van der Waals surface area contributed by atoms with E-state index in [1.165, 1.54) is 0 Å². The Morgan fingerprint density at radius 3 is 2.33 bits per heavy atom. The SMILES string of the molecule is CC(C)(C)OC(=O)N(C(=O)[C@@H](N)Cc1ccccc1)[C@H]([C]=O)CCCCN. The number of amides is 2. The summed E-state index contributed by atoms with van der Waals surface area (Å²) in [5, 5.41) is 0. The van der Waals surface area contributed by atoms with Gasteiger partial charge < -0.3 is 16.2 Å². The topological polar surface area (TPSA) is 116 Å². The minimum Gasteiger partial charge on any atom is -0.443 e. The number of unbranched alkanes of at least 4 members (excludes halogenated alkanes) is 1. The summed E-state index contributed by atoms with van der Waals surface area (Å²) < 4.78 is 5.32. The van der Waals surface area contributed by atoms with Gasteiger partial charge in [0, 0.05) is 0 Å². The molecule has 0 spiro atoms. The summed E-state index contributed by atoms with van der Waals surface area (Å²) >= 11 is 0. The van der Waals surface area contributed by atoms with Crippen LogP contribution in [0, 0.1) is 0 Å². The third kappa shape index (κ3) is 7.88. The summed E-state index contributed by atoms with van der Waals surface area (Å²) in [7, 11) is 0. The van der Waals surface area contributed by atoms with E-state index < -0.39 is 29.7 Å². The lowest BCUT2D eigenvalue weighted by Crippen LogP contribution is -2.54. The number of nitrogens with zero attached hydrogens (tertiary/aromatic N) is 1. The summed E-state index contributed by atoms with van der Waals surface area (Å²) in [6.45, 7) is 5.52. The molecule has 1 radical (unpaired) electrons. The number of rotatable bonds is 9. The standard InChI is InChI=1S/C20H30N3O4/c1-20(2,3)27-19(26)23(16(14-24)11-7-8-12-21)18(25)17(22)13-15-9-5-4-6-10-15/h4-6,9-10,16-17H,7-8,11-13,21-22H2,1-3H3/t16-,17-/m0/s1. The van der Waals surface area contributed by atoms with Crippen LogP contribution in [0.5, 0.6) is 0 Å². The molecular weight excluding hydrogens is 346 g/mol. The first-order valence-corrected chi connectivity index (χ1v) is 9.13. The predicted molar refractivity (Wildman–Crippen MR) is 104 cm³/mol. The van der Waals surface area contributed by atoms with E-state index in [2.05, 4.69) is 0 Å². The Kier molecular flexibility index (Phi) is 9.11. The highest BCUT2D eigenvalue weighted by atomic mass is 16.6. The highest BCUT2D eigenvalue weighted by Gasteiger charge is 2.36. The van der Waals surface area contributed by atoms with Gasteiger partial charge in [0.05, 0.1) is 6.04 Å². The number of carbonyl (C=O) groups is 2. The highest BCUT2D eigenvalue weighted by molar-refractivity contribution is 5.97. The second-order valence-corrected chi connectivity index (χ2v) is 7.40. The Labute approximate surface area is 161 Å². The Hall–Kier alpha value is -2.25. The molecule has 0 aliphatic heterocycles. The van der Waals surface area contributed by atoms with Crippen LogP contribution in [-0.4, -0.2) is 47.4 Å². The molecule has 0 aliphatic rings. The molecule has 0 fully saturated rings. The molecule has 0 bridgehead atoms. The van der Waals surface area contributed by atoms with Crippen molar-refractivity contribution in [2.75, 3.05) is 6.54 Å². The van der Waals surface area contributed by atoms with E-state index in [1.807, 2.05) is 30.3 Å². The van der Waals surface area contributed by atoms with Crippen LogP contribution >= 0.6 is 0 Å². The van der Waals surface area contributed by atoms with Crippen molar-refractivity contribution in [1.82, 2.24) is 4.90 Å². The summed E-state index contributed by atoms with van der Waals surface area (Å²) in [4.78, 5) is 37.8. The van der Waals surface area contributed by atoms with Crippen LogP contribution in [0.15, 0.2) is 30.3 Å². The number of ether oxygens (including phenoxy) is 1. The lowest BCUT2D eigenvalue weighted by atomic mass is 10.0. The fourth-order valence-corrected chi connectivity index (χ4v) is 2.54. The number of nitrogens with two attached hydrogens (primary N) is 2. The number of hydrogen-bond acceptors (Lipinski definition) is 6. The Bertz CT molecular complexity index is 613. The first kappa shape index (κ1) is 22.8. The van der Waals surface area contributed by atoms with E-state index in [0.717, 1.165) is 10.5 Å². The van der Waals surface area contributed by atoms with Crippen LogP contribution in [0.1, 0.15) is 45.6 Å². The van der Waals surface area contributed by atoms with Gasteiger partial charge in [-0.1, -0.05) is 30.3 Å². The summed E-state index contributed by atoms with van der Waals surface area (Å²) in [5.74, 6) is -0.658. The lowest BCUT2D eigenvalue weighted by molar-refractivity contribution is -0.132. The lowest BCUT2D eigenvalue weighted by Gasteiger charge is -2.31. The van der Waals surface area contributed by atoms with E-state index >= 15 is 0 Å². The first-order chi connectivity index (χ1) is 12.7. The van der Waals surface area contributed by atoms with Gasteiger partial charge in [0.2, 0.25) is 12.2 Å². The average molecular weight is 376 g/mol. The Morgan fingerprint density at radius 2 is 1.81 bits per heavy atom. The van der Waals surface area contributed by atoms with Crippen LogP contribution < -0.4 is 11.5 Å². The zero-order valence-corrected chi connectivity index (χ0v) is 16.3. The van der Waals surface area contributed by atoms with Crippen molar-refractivity contribution < 1.29 is 19.1 Å². The van der Waals surface area contributed by atoms with Gasteiger partial charge in [0.1, 0.15) is 11.6 Å². The summed E-state index contributed by atoms with van der Waals surface area (Å²) in [5.41, 5.74) is 11.6.